The predicted molar refractivity (Wildman–Crippen MR) is 123 cm³/mol. The Bertz CT molecular complexity index is 1140. The number of carbonyl (C=O) groups is 1. The smallest absolute Gasteiger partial charge is 0.381 e. The van der Waals surface area contributed by atoms with E-state index in [4.69, 9.17) is 9.26 Å². The summed E-state index contributed by atoms with van der Waals surface area (Å²) in [6.07, 6.45) is -3.46. The maximum absolute atomic E-state index is 13.3. The molecule has 0 N–H and O–H groups in total. The van der Waals surface area contributed by atoms with Crippen molar-refractivity contribution in [1.82, 2.24) is 19.9 Å². The molecule has 0 spiro atoms. The number of carbonyl (C=O) groups excluding carboxylic acids is 1. The molecule has 0 saturated carbocycles. The topological polar surface area (TPSA) is 106 Å². The number of alkyl halides is 3. The number of nitrogens with zero attached hydrogens (tertiary/aromatic N) is 4. The van der Waals surface area contributed by atoms with E-state index in [1.54, 1.807) is 4.90 Å². The van der Waals surface area contributed by atoms with E-state index in [0.717, 1.165) is 12.1 Å². The zero-order valence-corrected chi connectivity index (χ0v) is 20.7. The summed E-state index contributed by atoms with van der Waals surface area (Å²) >= 11 is 0. The van der Waals surface area contributed by atoms with Gasteiger partial charge in [-0.05, 0) is 31.0 Å². The second-order valence-corrected chi connectivity index (χ2v) is 11.4. The van der Waals surface area contributed by atoms with Crippen LogP contribution in [0.1, 0.15) is 48.0 Å². The van der Waals surface area contributed by atoms with Gasteiger partial charge in [0.2, 0.25) is 5.89 Å². The van der Waals surface area contributed by atoms with Crippen molar-refractivity contribution in [1.29, 1.82) is 0 Å². The lowest BCUT2D eigenvalue weighted by Gasteiger charge is -2.40. The molecule has 2 aliphatic heterocycles. The minimum Gasteiger partial charge on any atom is -0.381 e. The molecule has 0 aliphatic carbocycles. The summed E-state index contributed by atoms with van der Waals surface area (Å²) in [6, 6.07) is 4.65. The van der Waals surface area contributed by atoms with Gasteiger partial charge in [-0.1, -0.05) is 17.3 Å². The molecule has 9 nitrogen and oxygen atoms in total. The average Bonchev–Trinajstić information content (AvgIpc) is 3.32. The second-order valence-electron chi connectivity index (χ2n) is 9.07. The molecule has 198 valence electrons. The molecular weight excluding hydrogens is 501 g/mol. The van der Waals surface area contributed by atoms with Crippen molar-refractivity contribution >= 4 is 15.9 Å². The normalized spacial score (nSPS) is 22.6. The predicted octanol–water partition coefficient (Wildman–Crippen LogP) is 3.09. The minimum absolute atomic E-state index is 0.0921. The molecule has 3 heterocycles. The largest absolute Gasteiger partial charge is 0.416 e. The van der Waals surface area contributed by atoms with Gasteiger partial charge in [0.1, 0.15) is 0 Å². The van der Waals surface area contributed by atoms with Crippen LogP contribution in [0.15, 0.2) is 28.8 Å². The van der Waals surface area contributed by atoms with Crippen LogP contribution >= 0.6 is 0 Å². The van der Waals surface area contributed by atoms with Crippen LogP contribution in [0.4, 0.5) is 18.0 Å². The zero-order valence-electron chi connectivity index (χ0n) is 19.9. The average molecular weight is 531 g/mol. The van der Waals surface area contributed by atoms with Crippen molar-refractivity contribution in [3.05, 3.63) is 47.1 Å². The molecule has 4 rings (SSSR count). The van der Waals surface area contributed by atoms with Crippen molar-refractivity contribution in [2.75, 3.05) is 50.9 Å². The summed E-state index contributed by atoms with van der Waals surface area (Å²) in [7, 11) is -3.16. The first-order chi connectivity index (χ1) is 17.1. The fraction of sp³-hybridized carbons (Fsp3) is 0.609. The molecule has 0 radical (unpaired) electrons. The van der Waals surface area contributed by atoms with Crippen LogP contribution in [0.3, 0.4) is 0 Å². The molecule has 2 fully saturated rings. The third-order valence-corrected chi connectivity index (χ3v) is 8.16. The molecule has 2 amide bonds. The Balaban J connectivity index is 1.55. The Kier molecular flexibility index (Phi) is 7.88. The molecule has 0 bridgehead atoms. The molecule has 1 aromatic heterocycles. The first kappa shape index (κ1) is 26.4. The van der Waals surface area contributed by atoms with Gasteiger partial charge in [0, 0.05) is 45.1 Å². The highest BCUT2D eigenvalue weighted by molar-refractivity contribution is 7.91. The Morgan fingerprint density at radius 3 is 2.42 bits per heavy atom. The van der Waals surface area contributed by atoms with Crippen molar-refractivity contribution in [3.8, 4) is 0 Å². The number of ether oxygens (including phenoxy) is 1. The van der Waals surface area contributed by atoms with Crippen LogP contribution < -0.4 is 0 Å². The highest BCUT2D eigenvalue weighted by Gasteiger charge is 2.38. The molecule has 2 aliphatic rings. The van der Waals surface area contributed by atoms with Gasteiger partial charge in [0.15, 0.2) is 15.7 Å². The standard InChI is InChI=1S/C23H29F3N4O5S/c1-2-34-10-7-20-27-21(35-28-20)18-13-17(16-3-5-19(6-4-16)23(24,25)26)14-30(15-18)22(31)29-8-11-36(32,33)12-9-29/h3-6,17-18H,2,7-15H2,1H3. The number of sulfone groups is 1. The number of hydrogen-bond donors (Lipinski definition) is 0. The number of aromatic nitrogens is 2. The minimum atomic E-state index is -4.44. The van der Waals surface area contributed by atoms with Gasteiger partial charge in [-0.3, -0.25) is 0 Å². The Morgan fingerprint density at radius 1 is 1.11 bits per heavy atom. The summed E-state index contributed by atoms with van der Waals surface area (Å²) in [5, 5.41) is 4.00. The second kappa shape index (κ2) is 10.8. The van der Waals surface area contributed by atoms with Crippen LogP contribution in [0.25, 0.3) is 0 Å². The van der Waals surface area contributed by atoms with Gasteiger partial charge in [-0.25, -0.2) is 13.2 Å². The number of hydrogen-bond acceptors (Lipinski definition) is 7. The number of amides is 2. The molecule has 1 aromatic carbocycles. The highest BCUT2D eigenvalue weighted by atomic mass is 32.2. The summed E-state index contributed by atoms with van der Waals surface area (Å²) < 4.78 is 73.6. The third kappa shape index (κ3) is 6.36. The maximum atomic E-state index is 13.3. The molecular formula is C23H29F3N4O5S. The SMILES string of the molecule is CCOCCc1noc(C2CC(c3ccc(C(F)(F)F)cc3)CN(C(=O)N3CCS(=O)(=O)CC3)C2)n1. The summed E-state index contributed by atoms with van der Waals surface area (Å²) in [6.45, 7) is 3.68. The Labute approximate surface area is 207 Å². The first-order valence-corrected chi connectivity index (χ1v) is 13.7. The van der Waals surface area contributed by atoms with E-state index in [1.165, 1.54) is 17.0 Å². The quantitative estimate of drug-likeness (QED) is 0.529. The lowest BCUT2D eigenvalue weighted by molar-refractivity contribution is -0.137. The van der Waals surface area contributed by atoms with E-state index in [-0.39, 0.29) is 55.6 Å². The van der Waals surface area contributed by atoms with Crippen LogP contribution in [0, 0.1) is 0 Å². The van der Waals surface area contributed by atoms with E-state index in [2.05, 4.69) is 10.1 Å². The molecule has 13 heteroatoms. The number of piperidine rings is 1. The molecule has 36 heavy (non-hydrogen) atoms. The monoisotopic (exact) mass is 530 g/mol. The van der Waals surface area contributed by atoms with Gasteiger partial charge >= 0.3 is 12.2 Å². The van der Waals surface area contributed by atoms with Crippen molar-refractivity contribution in [2.45, 2.75) is 37.8 Å². The van der Waals surface area contributed by atoms with Gasteiger partial charge in [-0.2, -0.15) is 18.2 Å². The van der Waals surface area contributed by atoms with Crippen molar-refractivity contribution in [3.63, 3.8) is 0 Å². The Hall–Kier alpha value is -2.67. The van der Waals surface area contributed by atoms with E-state index in [9.17, 15) is 26.4 Å². The zero-order chi connectivity index (χ0) is 25.9. The van der Waals surface area contributed by atoms with Gasteiger partial charge in [0.05, 0.1) is 29.6 Å². The lowest BCUT2D eigenvalue weighted by Crippen LogP contribution is -2.53. The summed E-state index contributed by atoms with van der Waals surface area (Å²) in [5.41, 5.74) is -0.0697. The number of halogens is 3. The van der Waals surface area contributed by atoms with Crippen molar-refractivity contribution < 1.29 is 35.6 Å². The van der Waals surface area contributed by atoms with Gasteiger partial charge in [-0.15, -0.1) is 0 Å². The molecule has 2 atom stereocenters. The number of rotatable bonds is 6. The molecule has 2 saturated heterocycles. The number of urea groups is 1. The van der Waals surface area contributed by atoms with Crippen LogP contribution in [-0.4, -0.2) is 85.3 Å². The Morgan fingerprint density at radius 2 is 1.78 bits per heavy atom. The van der Waals surface area contributed by atoms with Crippen molar-refractivity contribution in [2.24, 2.45) is 0 Å². The summed E-state index contributed by atoms with van der Waals surface area (Å²) in [4.78, 5) is 20.9. The van der Waals surface area contributed by atoms with E-state index < -0.39 is 21.6 Å². The van der Waals surface area contributed by atoms with E-state index in [0.29, 0.717) is 43.3 Å². The number of likely N-dealkylation sites (tertiary alicyclic amines) is 1. The lowest BCUT2D eigenvalue weighted by atomic mass is 9.84. The third-order valence-electron chi connectivity index (χ3n) is 6.55. The molecule has 2 aromatic rings. The maximum Gasteiger partial charge on any atom is 0.416 e. The fourth-order valence-corrected chi connectivity index (χ4v) is 5.77. The van der Waals surface area contributed by atoms with Crippen LogP contribution in [-0.2, 0) is 27.2 Å². The molecule has 2 unspecified atom stereocenters. The highest BCUT2D eigenvalue weighted by Crippen LogP contribution is 2.37. The number of benzene rings is 1. The summed E-state index contributed by atoms with van der Waals surface area (Å²) in [5.74, 6) is 0.0709. The van der Waals surface area contributed by atoms with Crippen LogP contribution in [0.5, 0.6) is 0 Å². The van der Waals surface area contributed by atoms with E-state index in [1.807, 2.05) is 6.92 Å². The van der Waals surface area contributed by atoms with Crippen LogP contribution in [0.2, 0.25) is 0 Å². The van der Waals surface area contributed by atoms with Gasteiger partial charge < -0.3 is 19.1 Å². The van der Waals surface area contributed by atoms with E-state index >= 15 is 0 Å². The fourth-order valence-electron chi connectivity index (χ4n) is 4.57. The first-order valence-electron chi connectivity index (χ1n) is 11.9. The van der Waals surface area contributed by atoms with Gasteiger partial charge in [0.25, 0.3) is 0 Å².